The zero-order valence-corrected chi connectivity index (χ0v) is 19.0. The summed E-state index contributed by atoms with van der Waals surface area (Å²) in [7, 11) is 0. The van der Waals surface area contributed by atoms with E-state index < -0.39 is 5.56 Å². The number of nitrogens with zero attached hydrogens (tertiary/aromatic N) is 5. The number of hydrogen-bond acceptors (Lipinski definition) is 6. The summed E-state index contributed by atoms with van der Waals surface area (Å²) in [4.78, 5) is 17.6. The number of hydrogen-bond donors (Lipinski definition) is 2. The molecule has 0 spiro atoms. The number of benzene rings is 2. The van der Waals surface area contributed by atoms with Gasteiger partial charge in [0.05, 0.1) is 12.1 Å². The lowest BCUT2D eigenvalue weighted by Gasteiger charge is -2.15. The maximum Gasteiger partial charge on any atom is 0.293 e. The number of H-pyrrole nitrogens is 1. The van der Waals surface area contributed by atoms with Crippen LogP contribution in [0.25, 0.3) is 33.4 Å². The molecular weight excluding hydrogens is 428 g/mol. The Morgan fingerprint density at radius 1 is 0.971 bits per heavy atom. The minimum absolute atomic E-state index is 0.265. The van der Waals surface area contributed by atoms with Gasteiger partial charge in [0.2, 0.25) is 5.82 Å². The number of aromatic amines is 1. The Kier molecular flexibility index (Phi) is 5.63. The van der Waals surface area contributed by atoms with Gasteiger partial charge in [0, 0.05) is 22.3 Å². The van der Waals surface area contributed by atoms with E-state index in [4.69, 9.17) is 0 Å². The Labute approximate surface area is 195 Å². The first-order valence-electron chi connectivity index (χ1n) is 11.3. The number of aromatic nitrogens is 6. The van der Waals surface area contributed by atoms with Gasteiger partial charge in [-0.05, 0) is 46.9 Å². The van der Waals surface area contributed by atoms with E-state index in [9.17, 15) is 9.90 Å². The number of rotatable bonds is 6. The average molecular weight is 453 g/mol. The van der Waals surface area contributed by atoms with Crippen LogP contribution < -0.4 is 5.56 Å². The largest absolute Gasteiger partial charge is 0.503 e. The molecule has 0 amide bonds. The third-order valence-corrected chi connectivity index (χ3v) is 6.02. The first-order valence-corrected chi connectivity index (χ1v) is 11.3. The topological polar surface area (TPSA) is 110 Å². The van der Waals surface area contributed by atoms with Crippen LogP contribution in [0.3, 0.4) is 0 Å². The van der Waals surface area contributed by atoms with Gasteiger partial charge in [-0.15, -0.1) is 10.2 Å². The van der Waals surface area contributed by atoms with E-state index in [1.54, 1.807) is 4.57 Å². The summed E-state index contributed by atoms with van der Waals surface area (Å²) in [6, 6.07) is 19.4. The normalized spacial score (nSPS) is 11.2. The van der Waals surface area contributed by atoms with Gasteiger partial charge in [0.1, 0.15) is 0 Å². The standard InChI is InChI=1S/C26H24N6O2/c1-3-18-13-23-21(22(4-2)27-18)14-24(33)26(34)32(23)15-16-9-11-17(12-10-16)19-7-5-6-8-20(19)25-28-30-31-29-25/h5-14,33H,3-4,15H2,1-2H3,(H,28,29,30,31). The lowest BCUT2D eigenvalue weighted by Crippen LogP contribution is -2.21. The second-order valence-corrected chi connectivity index (χ2v) is 8.10. The molecule has 2 aromatic carbocycles. The summed E-state index contributed by atoms with van der Waals surface area (Å²) in [6.45, 7) is 4.41. The summed E-state index contributed by atoms with van der Waals surface area (Å²) in [5.74, 6) is 0.267. The summed E-state index contributed by atoms with van der Waals surface area (Å²) < 4.78 is 1.63. The fourth-order valence-corrected chi connectivity index (χ4v) is 4.26. The van der Waals surface area contributed by atoms with Crippen molar-refractivity contribution in [3.8, 4) is 28.3 Å². The van der Waals surface area contributed by atoms with Crippen molar-refractivity contribution in [3.63, 3.8) is 0 Å². The van der Waals surface area contributed by atoms with Crippen LogP contribution in [0.5, 0.6) is 5.75 Å². The molecule has 0 radical (unpaired) electrons. The molecule has 0 aliphatic heterocycles. The minimum Gasteiger partial charge on any atom is -0.503 e. The number of aryl methyl sites for hydroxylation is 2. The van der Waals surface area contributed by atoms with Crippen LogP contribution in [-0.4, -0.2) is 35.3 Å². The quantitative estimate of drug-likeness (QED) is 0.401. The Morgan fingerprint density at radius 2 is 1.74 bits per heavy atom. The SMILES string of the molecule is CCc1cc2c(cc(O)c(=O)n2Cc2ccc(-c3ccccc3-c3nn[nH]n3)cc2)c(CC)n1. The Hall–Kier alpha value is -4.33. The number of tetrazole rings is 1. The lowest BCUT2D eigenvalue weighted by atomic mass is 9.98. The van der Waals surface area contributed by atoms with E-state index in [2.05, 4.69) is 25.6 Å². The molecule has 0 aliphatic rings. The molecule has 0 atom stereocenters. The zero-order valence-electron chi connectivity index (χ0n) is 19.0. The Morgan fingerprint density at radius 3 is 2.41 bits per heavy atom. The third-order valence-electron chi connectivity index (χ3n) is 6.02. The predicted octanol–water partition coefficient (Wildman–Crippen LogP) is 4.12. The summed E-state index contributed by atoms with van der Waals surface area (Å²) in [5, 5.41) is 25.5. The molecule has 0 bridgehead atoms. The monoisotopic (exact) mass is 452 g/mol. The van der Waals surface area contributed by atoms with E-state index in [1.807, 2.05) is 68.4 Å². The van der Waals surface area contributed by atoms with Gasteiger partial charge in [-0.3, -0.25) is 9.78 Å². The molecule has 3 heterocycles. The maximum absolute atomic E-state index is 12.9. The van der Waals surface area contributed by atoms with Crippen LogP contribution in [0.2, 0.25) is 0 Å². The highest BCUT2D eigenvalue weighted by Gasteiger charge is 2.15. The second kappa shape index (κ2) is 8.90. The van der Waals surface area contributed by atoms with Gasteiger partial charge in [0.15, 0.2) is 5.75 Å². The average Bonchev–Trinajstić information content (AvgIpc) is 3.42. The molecule has 0 aliphatic carbocycles. The molecular formula is C26H24N6O2. The van der Waals surface area contributed by atoms with Gasteiger partial charge in [-0.2, -0.15) is 5.21 Å². The van der Waals surface area contributed by atoms with Crippen molar-refractivity contribution < 1.29 is 5.11 Å². The van der Waals surface area contributed by atoms with Crippen LogP contribution in [0.15, 0.2) is 65.5 Å². The van der Waals surface area contributed by atoms with Gasteiger partial charge >= 0.3 is 0 Å². The highest BCUT2D eigenvalue weighted by atomic mass is 16.3. The van der Waals surface area contributed by atoms with Crippen molar-refractivity contribution in [1.29, 1.82) is 0 Å². The van der Waals surface area contributed by atoms with Crippen LogP contribution in [-0.2, 0) is 19.4 Å². The number of nitrogens with one attached hydrogen (secondary N) is 1. The van der Waals surface area contributed by atoms with E-state index in [1.165, 1.54) is 6.07 Å². The van der Waals surface area contributed by atoms with Crippen molar-refractivity contribution in [1.82, 2.24) is 30.2 Å². The summed E-state index contributed by atoms with van der Waals surface area (Å²) in [6.07, 6.45) is 1.49. The minimum atomic E-state index is -0.408. The molecule has 5 rings (SSSR count). The Bertz CT molecular complexity index is 1520. The lowest BCUT2D eigenvalue weighted by molar-refractivity contribution is 0.461. The second-order valence-electron chi connectivity index (χ2n) is 8.10. The number of pyridine rings is 2. The first-order chi connectivity index (χ1) is 16.6. The number of fused-ring (bicyclic) bond motifs is 1. The van der Waals surface area contributed by atoms with Gasteiger partial charge in [-0.1, -0.05) is 62.4 Å². The summed E-state index contributed by atoms with van der Waals surface area (Å²) >= 11 is 0. The molecule has 5 aromatic rings. The van der Waals surface area contributed by atoms with Crippen molar-refractivity contribution in [2.24, 2.45) is 0 Å². The van der Waals surface area contributed by atoms with Crippen LogP contribution in [0.1, 0.15) is 30.8 Å². The predicted molar refractivity (Wildman–Crippen MR) is 131 cm³/mol. The fraction of sp³-hybridized carbons (Fsp3) is 0.192. The van der Waals surface area contributed by atoms with Crippen LogP contribution >= 0.6 is 0 Å². The van der Waals surface area contributed by atoms with Crippen molar-refractivity contribution in [2.75, 3.05) is 0 Å². The molecule has 8 heteroatoms. The van der Waals surface area contributed by atoms with E-state index in [0.717, 1.165) is 57.4 Å². The van der Waals surface area contributed by atoms with Crippen molar-refractivity contribution in [3.05, 3.63) is 88.0 Å². The molecule has 0 fully saturated rings. The molecule has 3 aromatic heterocycles. The zero-order chi connectivity index (χ0) is 23.7. The van der Waals surface area contributed by atoms with Crippen molar-refractivity contribution >= 4 is 10.9 Å². The number of aromatic hydroxyl groups is 1. The van der Waals surface area contributed by atoms with Crippen LogP contribution in [0.4, 0.5) is 0 Å². The third kappa shape index (κ3) is 3.83. The molecule has 0 unspecified atom stereocenters. The molecule has 8 nitrogen and oxygen atoms in total. The molecule has 34 heavy (non-hydrogen) atoms. The summed E-state index contributed by atoms with van der Waals surface area (Å²) in [5.41, 5.74) is 6.01. The molecule has 0 saturated heterocycles. The molecule has 2 N–H and O–H groups in total. The van der Waals surface area contributed by atoms with Crippen LogP contribution in [0, 0.1) is 0 Å². The van der Waals surface area contributed by atoms with Gasteiger partial charge in [-0.25, -0.2) is 0 Å². The maximum atomic E-state index is 12.9. The van der Waals surface area contributed by atoms with Gasteiger partial charge in [0.25, 0.3) is 5.56 Å². The first kappa shape index (κ1) is 21.5. The highest BCUT2D eigenvalue weighted by Crippen LogP contribution is 2.30. The Balaban J connectivity index is 1.55. The van der Waals surface area contributed by atoms with Crippen molar-refractivity contribution in [2.45, 2.75) is 33.2 Å². The fourth-order valence-electron chi connectivity index (χ4n) is 4.26. The molecule has 170 valence electrons. The highest BCUT2D eigenvalue weighted by molar-refractivity contribution is 5.83. The van der Waals surface area contributed by atoms with E-state index in [-0.39, 0.29) is 5.75 Å². The molecule has 0 saturated carbocycles. The van der Waals surface area contributed by atoms with E-state index in [0.29, 0.717) is 12.4 Å². The van der Waals surface area contributed by atoms with E-state index >= 15 is 0 Å². The van der Waals surface area contributed by atoms with Gasteiger partial charge < -0.3 is 9.67 Å². The smallest absolute Gasteiger partial charge is 0.293 e.